The van der Waals surface area contributed by atoms with Crippen LogP contribution in [0.5, 0.6) is 0 Å². The van der Waals surface area contributed by atoms with E-state index >= 15 is 0 Å². The fourth-order valence-corrected chi connectivity index (χ4v) is 2.88. The maximum Gasteiger partial charge on any atom is -0.0383 e. The van der Waals surface area contributed by atoms with Gasteiger partial charge in [-0.05, 0) is 37.0 Å². The maximum absolute atomic E-state index is 2.35. The van der Waals surface area contributed by atoms with Gasteiger partial charge in [0, 0.05) is 0 Å². The van der Waals surface area contributed by atoms with E-state index in [-0.39, 0.29) is 0 Å². The molecule has 0 heterocycles. The molecule has 0 aromatic carbocycles. The molecule has 0 unspecified atom stereocenters. The Labute approximate surface area is 57.6 Å². The SMILES string of the molecule is CC[C@@H]1C[C@@H]2CC[C@@H]1C2. The minimum Gasteiger partial charge on any atom is -0.0651 e. The molecule has 52 valence electrons. The zero-order valence-corrected chi connectivity index (χ0v) is 6.27. The van der Waals surface area contributed by atoms with Gasteiger partial charge in [-0.25, -0.2) is 0 Å². The first-order chi connectivity index (χ1) is 4.40. The van der Waals surface area contributed by atoms with Gasteiger partial charge < -0.3 is 0 Å². The summed E-state index contributed by atoms with van der Waals surface area (Å²) in [6.45, 7) is 2.35. The van der Waals surface area contributed by atoms with E-state index in [1.807, 2.05) is 0 Å². The number of hydrogen-bond donors (Lipinski definition) is 0. The average molecular weight is 124 g/mol. The van der Waals surface area contributed by atoms with Crippen molar-refractivity contribution in [3.05, 3.63) is 0 Å². The number of rotatable bonds is 1. The van der Waals surface area contributed by atoms with Crippen LogP contribution >= 0.6 is 0 Å². The molecule has 0 aliphatic heterocycles. The molecule has 2 aliphatic rings. The second-order valence-corrected chi connectivity index (χ2v) is 3.84. The molecule has 0 saturated heterocycles. The van der Waals surface area contributed by atoms with Crippen molar-refractivity contribution >= 4 is 0 Å². The third-order valence-corrected chi connectivity index (χ3v) is 3.41. The van der Waals surface area contributed by atoms with Crippen LogP contribution in [0.15, 0.2) is 0 Å². The second-order valence-electron chi connectivity index (χ2n) is 3.84. The molecule has 0 N–H and O–H groups in total. The minimum absolute atomic E-state index is 1.13. The van der Waals surface area contributed by atoms with E-state index in [1.54, 1.807) is 25.7 Å². The summed E-state index contributed by atoms with van der Waals surface area (Å²) < 4.78 is 0. The topological polar surface area (TPSA) is 0 Å². The molecule has 2 rings (SSSR count). The maximum atomic E-state index is 2.35. The molecular weight excluding hydrogens is 108 g/mol. The summed E-state index contributed by atoms with van der Waals surface area (Å²) in [5, 5.41) is 0. The molecule has 0 radical (unpaired) electrons. The predicted octanol–water partition coefficient (Wildman–Crippen LogP) is 2.83. The summed E-state index contributed by atoms with van der Waals surface area (Å²) in [5.41, 5.74) is 0. The first kappa shape index (κ1) is 5.76. The van der Waals surface area contributed by atoms with Crippen molar-refractivity contribution in [2.24, 2.45) is 17.8 Å². The van der Waals surface area contributed by atoms with E-state index in [9.17, 15) is 0 Å². The molecule has 0 nitrogen and oxygen atoms in total. The van der Waals surface area contributed by atoms with Gasteiger partial charge in [0.05, 0.1) is 0 Å². The molecule has 9 heavy (non-hydrogen) atoms. The average Bonchev–Trinajstić information content (AvgIpc) is 2.45. The molecule has 2 bridgehead atoms. The molecule has 2 saturated carbocycles. The third-order valence-electron chi connectivity index (χ3n) is 3.41. The van der Waals surface area contributed by atoms with Crippen LogP contribution in [0.25, 0.3) is 0 Å². The molecule has 0 aromatic rings. The number of hydrogen-bond acceptors (Lipinski definition) is 0. The van der Waals surface area contributed by atoms with Crippen LogP contribution in [0.2, 0.25) is 0 Å². The number of fused-ring (bicyclic) bond motifs is 2. The van der Waals surface area contributed by atoms with E-state index in [2.05, 4.69) is 6.92 Å². The van der Waals surface area contributed by atoms with Crippen molar-refractivity contribution in [1.82, 2.24) is 0 Å². The van der Waals surface area contributed by atoms with Crippen molar-refractivity contribution in [2.75, 3.05) is 0 Å². The van der Waals surface area contributed by atoms with E-state index in [0.717, 1.165) is 17.8 Å². The van der Waals surface area contributed by atoms with Gasteiger partial charge in [-0.1, -0.05) is 19.8 Å². The van der Waals surface area contributed by atoms with Gasteiger partial charge >= 0.3 is 0 Å². The van der Waals surface area contributed by atoms with Gasteiger partial charge in [0.25, 0.3) is 0 Å². The summed E-state index contributed by atoms with van der Waals surface area (Å²) in [5.74, 6) is 3.43. The lowest BCUT2D eigenvalue weighted by molar-refractivity contribution is 0.324. The molecule has 0 aromatic heterocycles. The first-order valence-corrected chi connectivity index (χ1v) is 4.40. The van der Waals surface area contributed by atoms with Crippen LogP contribution in [-0.4, -0.2) is 0 Å². The third kappa shape index (κ3) is 0.798. The molecule has 2 aliphatic carbocycles. The predicted molar refractivity (Wildman–Crippen MR) is 39.2 cm³/mol. The van der Waals surface area contributed by atoms with Crippen LogP contribution in [0, 0.1) is 17.8 Å². The second kappa shape index (κ2) is 2.00. The van der Waals surface area contributed by atoms with Crippen LogP contribution in [0.4, 0.5) is 0 Å². The summed E-state index contributed by atoms with van der Waals surface area (Å²) in [6.07, 6.45) is 7.71. The van der Waals surface area contributed by atoms with Gasteiger partial charge in [-0.15, -0.1) is 0 Å². The van der Waals surface area contributed by atoms with Crippen molar-refractivity contribution in [2.45, 2.75) is 39.0 Å². The van der Waals surface area contributed by atoms with E-state index in [1.165, 1.54) is 6.42 Å². The van der Waals surface area contributed by atoms with E-state index in [4.69, 9.17) is 0 Å². The van der Waals surface area contributed by atoms with Gasteiger partial charge in [0.1, 0.15) is 0 Å². The summed E-state index contributed by atoms with van der Waals surface area (Å²) in [4.78, 5) is 0. The molecular formula is C9H16. The lowest BCUT2D eigenvalue weighted by Gasteiger charge is -2.18. The van der Waals surface area contributed by atoms with Crippen molar-refractivity contribution in [3.8, 4) is 0 Å². The quantitative estimate of drug-likeness (QED) is 0.504. The highest BCUT2D eigenvalue weighted by Crippen LogP contribution is 2.49. The molecule has 2 fully saturated rings. The molecule has 3 atom stereocenters. The highest BCUT2D eigenvalue weighted by Gasteiger charge is 2.37. The Morgan fingerprint density at radius 3 is 2.44 bits per heavy atom. The van der Waals surface area contributed by atoms with Crippen LogP contribution in [0.1, 0.15) is 39.0 Å². The molecule has 0 spiro atoms. The van der Waals surface area contributed by atoms with Gasteiger partial charge in [-0.2, -0.15) is 0 Å². The monoisotopic (exact) mass is 124 g/mol. The Morgan fingerprint density at radius 1 is 1.22 bits per heavy atom. The smallest absolute Gasteiger partial charge is 0.0383 e. The van der Waals surface area contributed by atoms with E-state index in [0.29, 0.717) is 0 Å². The zero-order valence-electron chi connectivity index (χ0n) is 6.27. The summed E-state index contributed by atoms with van der Waals surface area (Å²) in [7, 11) is 0. The molecule has 0 heteroatoms. The van der Waals surface area contributed by atoms with Gasteiger partial charge in [-0.3, -0.25) is 0 Å². The highest BCUT2D eigenvalue weighted by molar-refractivity contribution is 4.88. The normalized spacial score (nSPS) is 48.3. The first-order valence-electron chi connectivity index (χ1n) is 4.40. The van der Waals surface area contributed by atoms with Crippen molar-refractivity contribution < 1.29 is 0 Å². The van der Waals surface area contributed by atoms with Crippen molar-refractivity contribution in [1.29, 1.82) is 0 Å². The fourth-order valence-electron chi connectivity index (χ4n) is 2.88. The van der Waals surface area contributed by atoms with Crippen LogP contribution < -0.4 is 0 Å². The Kier molecular flexibility index (Phi) is 1.28. The standard InChI is InChI=1S/C9H16/c1-2-8-5-7-3-4-9(8)6-7/h7-9H,2-6H2,1H3/t7-,8+,9+/m0/s1. The highest BCUT2D eigenvalue weighted by atomic mass is 14.4. The Balaban J connectivity index is 2.01. The Bertz CT molecular complexity index is 107. The fraction of sp³-hybridized carbons (Fsp3) is 1.00. The van der Waals surface area contributed by atoms with Gasteiger partial charge in [0.15, 0.2) is 0 Å². The largest absolute Gasteiger partial charge is 0.0651 e. The summed E-state index contributed by atoms with van der Waals surface area (Å²) in [6, 6.07) is 0. The zero-order chi connectivity index (χ0) is 6.27. The van der Waals surface area contributed by atoms with Crippen LogP contribution in [-0.2, 0) is 0 Å². The van der Waals surface area contributed by atoms with E-state index < -0.39 is 0 Å². The summed E-state index contributed by atoms with van der Waals surface area (Å²) >= 11 is 0. The lowest BCUT2D eigenvalue weighted by Crippen LogP contribution is -2.08. The Hall–Kier alpha value is 0. The molecule has 0 amide bonds. The van der Waals surface area contributed by atoms with Crippen molar-refractivity contribution in [3.63, 3.8) is 0 Å². The minimum atomic E-state index is 1.13. The van der Waals surface area contributed by atoms with Gasteiger partial charge in [0.2, 0.25) is 0 Å². The lowest BCUT2D eigenvalue weighted by atomic mass is 9.87. The van der Waals surface area contributed by atoms with Crippen LogP contribution in [0.3, 0.4) is 0 Å². The Morgan fingerprint density at radius 2 is 2.11 bits per heavy atom.